The summed E-state index contributed by atoms with van der Waals surface area (Å²) in [5.74, 6) is 0.206. The van der Waals surface area contributed by atoms with Gasteiger partial charge < -0.3 is 10.6 Å². The van der Waals surface area contributed by atoms with Gasteiger partial charge in [-0.05, 0) is 77.2 Å². The Morgan fingerprint density at radius 1 is 1.27 bits per heavy atom. The lowest BCUT2D eigenvalue weighted by Crippen LogP contribution is -2.34. The van der Waals surface area contributed by atoms with Crippen LogP contribution in [0.2, 0.25) is 0 Å². The first-order valence-corrected chi connectivity index (χ1v) is 8.99. The molecular weight excluding hydrogens is 268 g/mol. The molecule has 2 rings (SSSR count). The zero-order valence-corrected chi connectivity index (χ0v) is 12.3. The molecule has 2 aliphatic heterocycles. The summed E-state index contributed by atoms with van der Waals surface area (Å²) in [5.41, 5.74) is 0. The normalized spacial score (nSPS) is 21.5. The molecule has 1 atom stereocenters. The standard InChI is InChI=1S/C7H16N2O.CS4/c1-6(10)7(9-3)4-5-8-2;2-1(3-2)4-5-1/h7-9H,4-5H2,1-3H3;/t7-;/m0./s1. The predicted octanol–water partition coefficient (Wildman–Crippen LogP) is 2.16. The van der Waals surface area contributed by atoms with Crippen molar-refractivity contribution >= 4 is 49.0 Å². The Labute approximate surface area is 107 Å². The topological polar surface area (TPSA) is 41.1 Å². The molecule has 0 aromatic rings. The number of nitrogens with one attached hydrogen (secondary N) is 2. The molecule has 88 valence electrons. The predicted molar refractivity (Wildman–Crippen MR) is 75.2 cm³/mol. The Morgan fingerprint density at radius 3 is 2.00 bits per heavy atom. The molecule has 2 fully saturated rings. The first-order valence-electron chi connectivity index (χ1n) is 4.69. The molecule has 0 amide bonds. The third-order valence-corrected chi connectivity index (χ3v) is 10.4. The molecule has 2 heterocycles. The number of carbonyl (C=O) groups excluding carboxylic acids is 1. The summed E-state index contributed by atoms with van der Waals surface area (Å²) in [6, 6.07) is 0.0208. The average Bonchev–Trinajstić information content (AvgIpc) is 3.11. The van der Waals surface area contributed by atoms with Crippen molar-refractivity contribution in [2.75, 3.05) is 20.6 Å². The van der Waals surface area contributed by atoms with E-state index in [-0.39, 0.29) is 11.8 Å². The lowest BCUT2D eigenvalue weighted by atomic mass is 10.1. The van der Waals surface area contributed by atoms with Crippen LogP contribution in [0.4, 0.5) is 0 Å². The number of rotatable bonds is 5. The molecule has 0 unspecified atom stereocenters. The minimum absolute atomic E-state index is 0.0208. The molecule has 2 aliphatic rings. The maximum Gasteiger partial charge on any atom is 0.192 e. The van der Waals surface area contributed by atoms with Crippen LogP contribution >= 0.6 is 43.2 Å². The van der Waals surface area contributed by atoms with Gasteiger partial charge in [0.05, 0.1) is 6.04 Å². The summed E-state index contributed by atoms with van der Waals surface area (Å²) in [4.78, 5) is 10.8. The minimum Gasteiger partial charge on any atom is -0.320 e. The van der Waals surface area contributed by atoms with Gasteiger partial charge in [0.25, 0.3) is 0 Å². The van der Waals surface area contributed by atoms with Crippen LogP contribution in [-0.4, -0.2) is 35.2 Å². The third-order valence-electron chi connectivity index (χ3n) is 1.96. The number of Topliss-reactive ketones (excluding diaryl/α,β-unsaturated/α-hetero) is 1. The van der Waals surface area contributed by atoms with Gasteiger partial charge in [-0.2, -0.15) is 0 Å². The SMILES string of the molecule is CNCC[C@H](NC)C(C)=O.S1SC12SS2. The van der Waals surface area contributed by atoms with Crippen molar-refractivity contribution in [1.82, 2.24) is 10.6 Å². The second-order valence-corrected chi connectivity index (χ2v) is 9.84. The van der Waals surface area contributed by atoms with Crippen LogP contribution in [0.3, 0.4) is 0 Å². The van der Waals surface area contributed by atoms with E-state index in [0.29, 0.717) is 2.74 Å². The molecule has 0 aliphatic carbocycles. The highest BCUT2D eigenvalue weighted by Gasteiger charge is 2.61. The van der Waals surface area contributed by atoms with Crippen molar-refractivity contribution in [3.63, 3.8) is 0 Å². The smallest absolute Gasteiger partial charge is 0.192 e. The molecule has 0 bridgehead atoms. The van der Waals surface area contributed by atoms with Crippen LogP contribution in [0, 0.1) is 0 Å². The fourth-order valence-corrected chi connectivity index (χ4v) is 7.18. The fourth-order valence-electron chi connectivity index (χ4n) is 0.963. The van der Waals surface area contributed by atoms with E-state index in [9.17, 15) is 4.79 Å². The fraction of sp³-hybridized carbons (Fsp3) is 0.875. The first-order chi connectivity index (χ1) is 7.13. The van der Waals surface area contributed by atoms with Crippen LogP contribution in [0.25, 0.3) is 0 Å². The molecule has 2 saturated heterocycles. The lowest BCUT2D eigenvalue weighted by molar-refractivity contribution is -0.118. The highest BCUT2D eigenvalue weighted by molar-refractivity contribution is 9.21. The summed E-state index contributed by atoms with van der Waals surface area (Å²) in [5, 5.41) is 5.94. The molecule has 7 heteroatoms. The van der Waals surface area contributed by atoms with E-state index in [2.05, 4.69) is 10.6 Å². The van der Waals surface area contributed by atoms with E-state index in [1.807, 2.05) is 57.3 Å². The second-order valence-electron chi connectivity index (χ2n) is 3.18. The largest absolute Gasteiger partial charge is 0.320 e. The van der Waals surface area contributed by atoms with Crippen LogP contribution in [0.1, 0.15) is 13.3 Å². The zero-order chi connectivity index (χ0) is 11.3. The number of likely N-dealkylation sites (N-methyl/N-ethyl adjacent to an activating group) is 1. The van der Waals surface area contributed by atoms with Gasteiger partial charge in [-0.15, -0.1) is 0 Å². The van der Waals surface area contributed by atoms with Crippen LogP contribution in [0.5, 0.6) is 0 Å². The summed E-state index contributed by atoms with van der Waals surface area (Å²) in [6.45, 7) is 2.49. The molecule has 1 spiro atoms. The van der Waals surface area contributed by atoms with Crippen molar-refractivity contribution in [2.24, 2.45) is 0 Å². The van der Waals surface area contributed by atoms with Crippen molar-refractivity contribution < 1.29 is 4.79 Å². The van der Waals surface area contributed by atoms with Gasteiger partial charge in [0.15, 0.2) is 2.74 Å². The summed E-state index contributed by atoms with van der Waals surface area (Å²) >= 11 is 0. The number of ketones is 1. The zero-order valence-electron chi connectivity index (χ0n) is 9.03. The van der Waals surface area contributed by atoms with Crippen molar-refractivity contribution in [3.8, 4) is 0 Å². The van der Waals surface area contributed by atoms with E-state index >= 15 is 0 Å². The second kappa shape index (κ2) is 6.66. The number of carbonyl (C=O) groups is 1. The highest BCUT2D eigenvalue weighted by atomic mass is 33.3. The van der Waals surface area contributed by atoms with E-state index < -0.39 is 0 Å². The van der Waals surface area contributed by atoms with Crippen molar-refractivity contribution in [2.45, 2.75) is 22.1 Å². The van der Waals surface area contributed by atoms with Gasteiger partial charge in [0.2, 0.25) is 0 Å². The maximum atomic E-state index is 10.8. The molecule has 0 aromatic heterocycles. The van der Waals surface area contributed by atoms with Gasteiger partial charge in [-0.1, -0.05) is 0 Å². The Balaban J connectivity index is 0.000000180. The maximum absolute atomic E-state index is 10.8. The van der Waals surface area contributed by atoms with Gasteiger partial charge in [-0.25, -0.2) is 0 Å². The van der Waals surface area contributed by atoms with E-state index in [0.717, 1.165) is 13.0 Å². The average molecular weight is 284 g/mol. The van der Waals surface area contributed by atoms with Gasteiger partial charge in [0.1, 0.15) is 5.78 Å². The Kier molecular flexibility index (Phi) is 6.24. The van der Waals surface area contributed by atoms with Gasteiger partial charge >= 0.3 is 0 Å². The molecule has 0 aromatic carbocycles. The molecular formula is C8H16N2OS4. The Bertz CT molecular complexity index is 205. The van der Waals surface area contributed by atoms with Crippen LogP contribution < -0.4 is 10.6 Å². The summed E-state index contributed by atoms with van der Waals surface area (Å²) < 4.78 is 0.667. The third kappa shape index (κ3) is 5.74. The first kappa shape index (κ1) is 14.1. The number of hydrogen-bond acceptors (Lipinski definition) is 7. The van der Waals surface area contributed by atoms with Crippen LogP contribution in [-0.2, 0) is 4.79 Å². The van der Waals surface area contributed by atoms with E-state index in [4.69, 9.17) is 0 Å². The molecule has 3 nitrogen and oxygen atoms in total. The molecule has 0 saturated carbocycles. The quantitative estimate of drug-likeness (QED) is 0.592. The molecule has 2 N–H and O–H groups in total. The van der Waals surface area contributed by atoms with Gasteiger partial charge in [0, 0.05) is 0 Å². The lowest BCUT2D eigenvalue weighted by Gasteiger charge is -2.10. The minimum atomic E-state index is 0.0208. The van der Waals surface area contributed by atoms with E-state index in [1.165, 1.54) is 0 Å². The Hall–Kier alpha value is 0.990. The van der Waals surface area contributed by atoms with Crippen molar-refractivity contribution in [1.29, 1.82) is 0 Å². The monoisotopic (exact) mass is 284 g/mol. The van der Waals surface area contributed by atoms with Gasteiger partial charge in [-0.3, -0.25) is 4.79 Å². The summed E-state index contributed by atoms with van der Waals surface area (Å²) in [7, 11) is 11.6. The molecule has 15 heavy (non-hydrogen) atoms. The Morgan fingerprint density at radius 2 is 1.80 bits per heavy atom. The highest BCUT2D eigenvalue weighted by Crippen LogP contribution is 2.93. The molecule has 0 radical (unpaired) electrons. The summed E-state index contributed by atoms with van der Waals surface area (Å²) in [6.07, 6.45) is 0.863. The number of hydrogen-bond donors (Lipinski definition) is 2. The van der Waals surface area contributed by atoms with Crippen molar-refractivity contribution in [3.05, 3.63) is 0 Å². The van der Waals surface area contributed by atoms with Crippen LogP contribution in [0.15, 0.2) is 0 Å². The van der Waals surface area contributed by atoms with E-state index in [1.54, 1.807) is 6.92 Å².